The van der Waals surface area contributed by atoms with Gasteiger partial charge in [-0.2, -0.15) is 0 Å². The summed E-state index contributed by atoms with van der Waals surface area (Å²) in [6.45, 7) is 5.75. The van der Waals surface area contributed by atoms with E-state index in [1.165, 1.54) is 0 Å². The van der Waals surface area contributed by atoms with Gasteiger partial charge in [-0.25, -0.2) is 9.97 Å². The second kappa shape index (κ2) is 4.62. The average molecular weight is 301 g/mol. The molecule has 1 aliphatic heterocycles. The highest BCUT2D eigenvalue weighted by Crippen LogP contribution is 2.43. The first-order chi connectivity index (χ1) is 10.5. The van der Waals surface area contributed by atoms with Crippen molar-refractivity contribution in [2.24, 2.45) is 0 Å². The zero-order valence-electron chi connectivity index (χ0n) is 12.9. The van der Waals surface area contributed by atoms with E-state index in [2.05, 4.69) is 14.5 Å². The quantitative estimate of drug-likeness (QED) is 0.856. The molecule has 0 radical (unpaired) electrons. The van der Waals surface area contributed by atoms with Gasteiger partial charge in [0.15, 0.2) is 5.79 Å². The number of hydrogen-bond acceptors (Lipinski definition) is 5. The number of ether oxygens (including phenoxy) is 2. The Balaban J connectivity index is 1.81. The summed E-state index contributed by atoms with van der Waals surface area (Å²) in [5.41, 5.74) is 2.70. The molecule has 6 nitrogen and oxygen atoms in total. The van der Waals surface area contributed by atoms with Crippen molar-refractivity contribution in [3.05, 3.63) is 35.9 Å². The van der Waals surface area contributed by atoms with Crippen LogP contribution in [0.5, 0.6) is 0 Å². The van der Waals surface area contributed by atoms with Crippen molar-refractivity contribution in [3.8, 4) is 0 Å². The fraction of sp³-hybridized carbons (Fsp3) is 0.500. The maximum Gasteiger partial charge on any atom is 0.164 e. The molecule has 116 valence electrons. The molecule has 1 aliphatic carbocycles. The largest absolute Gasteiger partial charge is 0.392 e. The van der Waals surface area contributed by atoms with E-state index in [1.54, 1.807) is 6.33 Å². The third-order valence-corrected chi connectivity index (χ3v) is 4.43. The summed E-state index contributed by atoms with van der Waals surface area (Å²) in [6.07, 6.45) is 5.25. The smallest absolute Gasteiger partial charge is 0.164 e. The first kappa shape index (κ1) is 13.9. The first-order valence-corrected chi connectivity index (χ1v) is 7.45. The van der Waals surface area contributed by atoms with E-state index in [0.717, 1.165) is 22.3 Å². The molecule has 0 aromatic carbocycles. The number of rotatable bonds is 2. The van der Waals surface area contributed by atoms with Crippen LogP contribution in [0.15, 0.2) is 30.2 Å². The number of aliphatic hydroxyl groups is 1. The molecule has 1 saturated heterocycles. The van der Waals surface area contributed by atoms with Gasteiger partial charge in [0.05, 0.1) is 18.3 Å². The number of aryl methyl sites for hydroxylation is 1. The van der Waals surface area contributed by atoms with Gasteiger partial charge < -0.3 is 19.1 Å². The van der Waals surface area contributed by atoms with Crippen LogP contribution in [0.2, 0.25) is 0 Å². The van der Waals surface area contributed by atoms with Gasteiger partial charge in [-0.15, -0.1) is 0 Å². The van der Waals surface area contributed by atoms with Crippen LogP contribution in [0, 0.1) is 6.92 Å². The molecule has 0 unspecified atom stereocenters. The SMILES string of the molecule is Cc1ncnc2c1ccn2[C@@H]1C=C(CO)[C@H]2OC(C)(C)O[C@H]21. The minimum absolute atomic E-state index is 0.0235. The zero-order chi connectivity index (χ0) is 15.5. The fourth-order valence-corrected chi connectivity index (χ4v) is 3.45. The van der Waals surface area contributed by atoms with E-state index in [1.807, 2.05) is 39.1 Å². The number of aromatic nitrogens is 3. The van der Waals surface area contributed by atoms with Gasteiger partial charge in [0.25, 0.3) is 0 Å². The van der Waals surface area contributed by atoms with E-state index in [0.29, 0.717) is 0 Å². The molecule has 6 heteroatoms. The van der Waals surface area contributed by atoms with Gasteiger partial charge in [0.2, 0.25) is 0 Å². The molecule has 2 aromatic heterocycles. The molecule has 22 heavy (non-hydrogen) atoms. The van der Waals surface area contributed by atoms with Crippen molar-refractivity contribution in [2.75, 3.05) is 6.61 Å². The fourth-order valence-electron chi connectivity index (χ4n) is 3.45. The zero-order valence-corrected chi connectivity index (χ0v) is 12.9. The monoisotopic (exact) mass is 301 g/mol. The highest BCUT2D eigenvalue weighted by Gasteiger charge is 2.50. The van der Waals surface area contributed by atoms with Crippen LogP contribution in [0.25, 0.3) is 11.0 Å². The maximum absolute atomic E-state index is 9.62. The Hall–Kier alpha value is -1.76. The molecular weight excluding hydrogens is 282 g/mol. The molecule has 4 rings (SSSR count). The molecule has 3 heterocycles. The lowest BCUT2D eigenvalue weighted by Gasteiger charge is -2.22. The summed E-state index contributed by atoms with van der Waals surface area (Å²) >= 11 is 0. The van der Waals surface area contributed by atoms with Gasteiger partial charge in [0, 0.05) is 11.6 Å². The van der Waals surface area contributed by atoms with E-state index < -0.39 is 5.79 Å². The van der Waals surface area contributed by atoms with Crippen LogP contribution in [0.3, 0.4) is 0 Å². The van der Waals surface area contributed by atoms with Crippen LogP contribution in [0.4, 0.5) is 0 Å². The molecule has 0 bridgehead atoms. The number of nitrogens with zero attached hydrogens (tertiary/aromatic N) is 3. The van der Waals surface area contributed by atoms with E-state index >= 15 is 0 Å². The van der Waals surface area contributed by atoms with Gasteiger partial charge in [-0.1, -0.05) is 6.08 Å². The summed E-state index contributed by atoms with van der Waals surface area (Å²) in [5, 5.41) is 10.6. The molecule has 1 N–H and O–H groups in total. The molecule has 2 aromatic rings. The highest BCUT2D eigenvalue weighted by atomic mass is 16.8. The third-order valence-electron chi connectivity index (χ3n) is 4.43. The Morgan fingerprint density at radius 1 is 1.32 bits per heavy atom. The van der Waals surface area contributed by atoms with Gasteiger partial charge in [0.1, 0.15) is 24.2 Å². The molecule has 0 amide bonds. The molecule has 0 spiro atoms. The van der Waals surface area contributed by atoms with Crippen molar-refractivity contribution in [1.82, 2.24) is 14.5 Å². The van der Waals surface area contributed by atoms with Crippen LogP contribution < -0.4 is 0 Å². The predicted octanol–water partition coefficient (Wildman–Crippen LogP) is 1.73. The standard InChI is InChI=1S/C16H19N3O3/c1-9-11-4-5-19(15(11)18-8-17-9)12-6-10(7-20)13-14(12)22-16(2,3)21-13/h4-6,8,12-14,20H,7H2,1-3H3/t12-,13-,14+/m1/s1. The van der Waals surface area contributed by atoms with Crippen molar-refractivity contribution in [3.63, 3.8) is 0 Å². The lowest BCUT2D eigenvalue weighted by Crippen LogP contribution is -2.28. The van der Waals surface area contributed by atoms with Crippen LogP contribution >= 0.6 is 0 Å². The van der Waals surface area contributed by atoms with Crippen LogP contribution in [-0.2, 0) is 9.47 Å². The minimum Gasteiger partial charge on any atom is -0.392 e. The Morgan fingerprint density at radius 2 is 2.14 bits per heavy atom. The Kier molecular flexibility index (Phi) is 2.91. The predicted molar refractivity (Wildman–Crippen MR) is 80.3 cm³/mol. The lowest BCUT2D eigenvalue weighted by molar-refractivity contribution is -0.148. The van der Waals surface area contributed by atoms with Crippen molar-refractivity contribution >= 4 is 11.0 Å². The van der Waals surface area contributed by atoms with Crippen LogP contribution in [-0.4, -0.2) is 44.2 Å². The second-order valence-electron chi connectivity index (χ2n) is 6.33. The number of hydrogen-bond donors (Lipinski definition) is 1. The van der Waals surface area contributed by atoms with Crippen molar-refractivity contribution < 1.29 is 14.6 Å². The summed E-state index contributed by atoms with van der Waals surface area (Å²) in [7, 11) is 0. The normalized spacial score (nSPS) is 29.8. The van der Waals surface area contributed by atoms with Gasteiger partial charge in [-0.3, -0.25) is 0 Å². The molecule has 2 aliphatic rings. The van der Waals surface area contributed by atoms with Crippen LogP contribution in [0.1, 0.15) is 25.6 Å². The summed E-state index contributed by atoms with van der Waals surface area (Å²) < 4.78 is 14.1. The van der Waals surface area contributed by atoms with Crippen molar-refractivity contribution in [2.45, 2.75) is 44.8 Å². The number of fused-ring (bicyclic) bond motifs is 2. The molecule has 0 saturated carbocycles. The van der Waals surface area contributed by atoms with Gasteiger partial charge >= 0.3 is 0 Å². The van der Waals surface area contributed by atoms with E-state index in [4.69, 9.17) is 9.47 Å². The average Bonchev–Trinajstić information content (AvgIpc) is 3.10. The van der Waals surface area contributed by atoms with E-state index in [-0.39, 0.29) is 24.9 Å². The highest BCUT2D eigenvalue weighted by molar-refractivity contribution is 5.78. The van der Waals surface area contributed by atoms with Crippen molar-refractivity contribution in [1.29, 1.82) is 0 Å². The first-order valence-electron chi connectivity index (χ1n) is 7.45. The van der Waals surface area contributed by atoms with Gasteiger partial charge in [-0.05, 0) is 32.4 Å². The molecule has 3 atom stereocenters. The van der Waals surface area contributed by atoms with E-state index in [9.17, 15) is 5.11 Å². The minimum atomic E-state index is -0.643. The topological polar surface area (TPSA) is 69.4 Å². The second-order valence-corrected chi connectivity index (χ2v) is 6.33. The Labute approximate surface area is 128 Å². The third kappa shape index (κ3) is 1.91. The maximum atomic E-state index is 9.62. The summed E-state index contributed by atoms with van der Waals surface area (Å²) in [4.78, 5) is 8.64. The Morgan fingerprint density at radius 3 is 2.91 bits per heavy atom. The Bertz CT molecular complexity index is 765. The summed E-state index contributed by atoms with van der Waals surface area (Å²) in [6, 6.07) is 1.98. The molecular formula is C16H19N3O3. The summed E-state index contributed by atoms with van der Waals surface area (Å²) in [5.74, 6) is -0.643. The number of aliphatic hydroxyl groups excluding tert-OH is 1. The molecule has 1 fully saturated rings. The lowest BCUT2D eigenvalue weighted by atomic mass is 10.1.